The second-order valence-corrected chi connectivity index (χ2v) is 6.05. The predicted octanol–water partition coefficient (Wildman–Crippen LogP) is 2.54. The standard InChI is InChI=1S/C18H20ClN3O2/c19-17-15(7-4-8-20-17)18(23)21-16(14-5-2-1-3-6-14)13-22-9-11-24-12-10-22/h1-8,16H,9-13H2,(H,21,23). The number of hydrogen-bond donors (Lipinski definition) is 1. The van der Waals surface area contributed by atoms with Crippen LogP contribution in [0.4, 0.5) is 0 Å². The lowest BCUT2D eigenvalue weighted by Gasteiger charge is -2.31. The molecular weight excluding hydrogens is 326 g/mol. The number of hydrogen-bond acceptors (Lipinski definition) is 4. The molecule has 0 radical (unpaired) electrons. The van der Waals surface area contributed by atoms with Gasteiger partial charge in [0, 0.05) is 25.8 Å². The summed E-state index contributed by atoms with van der Waals surface area (Å²) >= 11 is 6.04. The van der Waals surface area contributed by atoms with E-state index in [4.69, 9.17) is 16.3 Å². The van der Waals surface area contributed by atoms with Crippen LogP contribution in [-0.2, 0) is 4.74 Å². The number of nitrogens with one attached hydrogen (secondary N) is 1. The molecule has 0 spiro atoms. The van der Waals surface area contributed by atoms with Crippen molar-refractivity contribution < 1.29 is 9.53 Å². The van der Waals surface area contributed by atoms with Gasteiger partial charge < -0.3 is 10.1 Å². The number of amides is 1. The second kappa shape index (κ2) is 8.24. The van der Waals surface area contributed by atoms with E-state index in [9.17, 15) is 4.79 Å². The fourth-order valence-corrected chi connectivity index (χ4v) is 2.96. The number of pyridine rings is 1. The molecule has 1 aromatic carbocycles. The highest BCUT2D eigenvalue weighted by molar-refractivity contribution is 6.32. The lowest BCUT2D eigenvalue weighted by molar-refractivity contribution is 0.0332. The van der Waals surface area contributed by atoms with Crippen LogP contribution in [0, 0.1) is 0 Å². The monoisotopic (exact) mass is 345 g/mol. The topological polar surface area (TPSA) is 54.5 Å². The van der Waals surface area contributed by atoms with Crippen LogP contribution in [0.5, 0.6) is 0 Å². The lowest BCUT2D eigenvalue weighted by atomic mass is 10.1. The van der Waals surface area contributed by atoms with Crippen molar-refractivity contribution in [2.24, 2.45) is 0 Å². The maximum atomic E-state index is 12.6. The lowest BCUT2D eigenvalue weighted by Crippen LogP contribution is -2.43. The molecule has 24 heavy (non-hydrogen) atoms. The van der Waals surface area contributed by atoms with Crippen LogP contribution in [-0.4, -0.2) is 48.6 Å². The molecule has 3 rings (SSSR count). The molecule has 0 saturated carbocycles. The van der Waals surface area contributed by atoms with Gasteiger partial charge in [0.25, 0.3) is 5.91 Å². The van der Waals surface area contributed by atoms with Gasteiger partial charge in [0.1, 0.15) is 5.15 Å². The van der Waals surface area contributed by atoms with Gasteiger partial charge in [0.05, 0.1) is 24.8 Å². The molecule has 1 aliphatic heterocycles. The Morgan fingerprint density at radius 3 is 2.67 bits per heavy atom. The molecular formula is C18H20ClN3O2. The summed E-state index contributed by atoms with van der Waals surface area (Å²) in [5.74, 6) is -0.213. The van der Waals surface area contributed by atoms with Crippen molar-refractivity contribution in [2.75, 3.05) is 32.8 Å². The highest BCUT2D eigenvalue weighted by Crippen LogP contribution is 2.18. The average molecular weight is 346 g/mol. The van der Waals surface area contributed by atoms with E-state index in [1.165, 1.54) is 0 Å². The number of carbonyl (C=O) groups excluding carboxylic acids is 1. The third-order valence-electron chi connectivity index (χ3n) is 4.06. The van der Waals surface area contributed by atoms with Gasteiger partial charge in [-0.3, -0.25) is 9.69 Å². The van der Waals surface area contributed by atoms with Gasteiger partial charge in [-0.1, -0.05) is 41.9 Å². The molecule has 1 unspecified atom stereocenters. The van der Waals surface area contributed by atoms with Crippen LogP contribution in [0.2, 0.25) is 5.15 Å². The molecule has 0 aliphatic carbocycles. The molecule has 126 valence electrons. The zero-order valence-corrected chi connectivity index (χ0v) is 14.1. The molecule has 1 saturated heterocycles. The van der Waals surface area contributed by atoms with Gasteiger partial charge >= 0.3 is 0 Å². The Bertz CT molecular complexity index is 675. The molecule has 1 amide bonds. The SMILES string of the molecule is O=C(NC(CN1CCOCC1)c1ccccc1)c1cccnc1Cl. The van der Waals surface area contributed by atoms with Crippen molar-refractivity contribution in [1.82, 2.24) is 15.2 Å². The minimum absolute atomic E-state index is 0.118. The second-order valence-electron chi connectivity index (χ2n) is 5.69. The summed E-state index contributed by atoms with van der Waals surface area (Å²) < 4.78 is 5.40. The Labute approximate surface area is 146 Å². The quantitative estimate of drug-likeness (QED) is 0.846. The summed E-state index contributed by atoms with van der Waals surface area (Å²) in [6.45, 7) is 3.92. The molecule has 1 aliphatic rings. The summed E-state index contributed by atoms with van der Waals surface area (Å²) in [6, 6.07) is 13.2. The number of aromatic nitrogens is 1. The Morgan fingerprint density at radius 2 is 1.96 bits per heavy atom. The fourth-order valence-electron chi connectivity index (χ4n) is 2.75. The van der Waals surface area contributed by atoms with Crippen LogP contribution in [0.25, 0.3) is 0 Å². The highest BCUT2D eigenvalue weighted by Gasteiger charge is 2.21. The third kappa shape index (κ3) is 4.32. The smallest absolute Gasteiger partial charge is 0.254 e. The van der Waals surface area contributed by atoms with Gasteiger partial charge in [0.2, 0.25) is 0 Å². The number of rotatable bonds is 5. The van der Waals surface area contributed by atoms with Gasteiger partial charge in [-0.05, 0) is 17.7 Å². The predicted molar refractivity (Wildman–Crippen MR) is 93.2 cm³/mol. The first kappa shape index (κ1) is 16.9. The highest BCUT2D eigenvalue weighted by atomic mass is 35.5. The van der Waals surface area contributed by atoms with E-state index in [0.29, 0.717) is 5.56 Å². The first-order valence-corrected chi connectivity index (χ1v) is 8.38. The molecule has 5 nitrogen and oxygen atoms in total. The van der Waals surface area contributed by atoms with Gasteiger partial charge in [-0.2, -0.15) is 0 Å². The zero-order chi connectivity index (χ0) is 16.8. The van der Waals surface area contributed by atoms with Crippen LogP contribution in [0.3, 0.4) is 0 Å². The van der Waals surface area contributed by atoms with Crippen LogP contribution in [0.15, 0.2) is 48.7 Å². The van der Waals surface area contributed by atoms with E-state index < -0.39 is 0 Å². The van der Waals surface area contributed by atoms with Crippen LogP contribution in [0.1, 0.15) is 22.0 Å². The number of nitrogens with zero attached hydrogens (tertiary/aromatic N) is 2. The summed E-state index contributed by atoms with van der Waals surface area (Å²) in [5.41, 5.74) is 1.46. The van der Waals surface area contributed by atoms with Crippen molar-refractivity contribution in [3.05, 3.63) is 64.9 Å². The van der Waals surface area contributed by atoms with Crippen LogP contribution < -0.4 is 5.32 Å². The summed E-state index contributed by atoms with van der Waals surface area (Å²) in [5, 5.41) is 3.31. The molecule has 2 heterocycles. The first-order valence-electron chi connectivity index (χ1n) is 8.00. The molecule has 1 N–H and O–H groups in total. The fraction of sp³-hybridized carbons (Fsp3) is 0.333. The number of morpholine rings is 1. The minimum atomic E-state index is -0.213. The van der Waals surface area contributed by atoms with Crippen molar-refractivity contribution in [3.8, 4) is 0 Å². The summed E-state index contributed by atoms with van der Waals surface area (Å²) in [4.78, 5) is 18.9. The third-order valence-corrected chi connectivity index (χ3v) is 4.36. The zero-order valence-electron chi connectivity index (χ0n) is 13.3. The van der Waals surface area contributed by atoms with E-state index >= 15 is 0 Å². The molecule has 2 aromatic rings. The Balaban J connectivity index is 1.76. The van der Waals surface area contributed by atoms with E-state index in [0.717, 1.165) is 38.4 Å². The van der Waals surface area contributed by atoms with Gasteiger partial charge in [0.15, 0.2) is 0 Å². The average Bonchev–Trinajstić information content (AvgIpc) is 2.63. The van der Waals surface area contributed by atoms with Gasteiger partial charge in [-0.15, -0.1) is 0 Å². The number of carbonyl (C=O) groups is 1. The maximum Gasteiger partial charge on any atom is 0.254 e. The Morgan fingerprint density at radius 1 is 1.21 bits per heavy atom. The van der Waals surface area contributed by atoms with Crippen molar-refractivity contribution in [3.63, 3.8) is 0 Å². The van der Waals surface area contributed by atoms with Gasteiger partial charge in [-0.25, -0.2) is 4.98 Å². The maximum absolute atomic E-state index is 12.6. The van der Waals surface area contributed by atoms with Crippen LogP contribution >= 0.6 is 11.6 Å². The minimum Gasteiger partial charge on any atom is -0.379 e. The van der Waals surface area contributed by atoms with Crippen molar-refractivity contribution >= 4 is 17.5 Å². The van der Waals surface area contributed by atoms with E-state index in [-0.39, 0.29) is 17.1 Å². The molecule has 6 heteroatoms. The first-order chi connectivity index (χ1) is 11.7. The van der Waals surface area contributed by atoms with E-state index in [1.807, 2.05) is 30.3 Å². The number of ether oxygens (including phenoxy) is 1. The summed E-state index contributed by atoms with van der Waals surface area (Å²) in [7, 11) is 0. The van der Waals surface area contributed by atoms with E-state index in [1.54, 1.807) is 18.3 Å². The Kier molecular flexibility index (Phi) is 5.80. The largest absolute Gasteiger partial charge is 0.379 e. The Hall–Kier alpha value is -1.95. The van der Waals surface area contributed by atoms with E-state index in [2.05, 4.69) is 15.2 Å². The number of halogens is 1. The summed E-state index contributed by atoms with van der Waals surface area (Å²) in [6.07, 6.45) is 1.57. The molecule has 0 bridgehead atoms. The van der Waals surface area contributed by atoms with Crippen molar-refractivity contribution in [2.45, 2.75) is 6.04 Å². The molecule has 1 fully saturated rings. The normalized spacial score (nSPS) is 16.5. The van der Waals surface area contributed by atoms with Crippen molar-refractivity contribution in [1.29, 1.82) is 0 Å². The number of benzene rings is 1. The molecule has 1 aromatic heterocycles. The molecule has 1 atom stereocenters.